The summed E-state index contributed by atoms with van der Waals surface area (Å²) in [6, 6.07) is 5.59. The molecule has 3 nitrogen and oxygen atoms in total. The minimum absolute atomic E-state index is 0.328. The van der Waals surface area contributed by atoms with Crippen LogP contribution in [0.25, 0.3) is 0 Å². The fourth-order valence-electron chi connectivity index (χ4n) is 1.38. The highest BCUT2D eigenvalue weighted by molar-refractivity contribution is 5.83. The normalized spacial score (nSPS) is 16.9. The Balaban J connectivity index is 2.09. The van der Waals surface area contributed by atoms with Crippen LogP contribution in [-0.2, 0) is 9.53 Å². The molecule has 0 heterocycles. The number of benzene rings is 1. The number of carbonyl (C=O) groups excluding carboxylic acids is 1. The van der Waals surface area contributed by atoms with E-state index in [2.05, 4.69) is 4.74 Å². The van der Waals surface area contributed by atoms with E-state index in [1.807, 2.05) is 0 Å². The van der Waals surface area contributed by atoms with Crippen molar-refractivity contribution in [1.29, 1.82) is 0 Å². The summed E-state index contributed by atoms with van der Waals surface area (Å²) in [5, 5.41) is 0. The summed E-state index contributed by atoms with van der Waals surface area (Å²) < 4.78 is 22.7. The van der Waals surface area contributed by atoms with Crippen molar-refractivity contribution in [3.05, 3.63) is 30.1 Å². The second-order valence-electron chi connectivity index (χ2n) is 3.54. The number of hydrogen-bond acceptors (Lipinski definition) is 3. The minimum Gasteiger partial charge on any atom is -0.476 e. The van der Waals surface area contributed by atoms with Crippen LogP contribution in [-0.4, -0.2) is 18.7 Å². The molecule has 1 aliphatic rings. The Morgan fingerprint density at radius 1 is 1.33 bits per heavy atom. The zero-order chi connectivity index (χ0) is 10.9. The largest absolute Gasteiger partial charge is 0.476 e. The molecule has 1 aromatic carbocycles. The van der Waals surface area contributed by atoms with Crippen molar-refractivity contribution in [3.8, 4) is 5.75 Å². The predicted octanol–water partition coefficient (Wildman–Crippen LogP) is 1.91. The molecule has 0 bridgehead atoms. The molecule has 0 N–H and O–H groups in total. The van der Waals surface area contributed by atoms with Crippen molar-refractivity contribution >= 4 is 5.97 Å². The summed E-state index contributed by atoms with van der Waals surface area (Å²) in [6.45, 7) is 0. The number of hydrogen-bond donors (Lipinski definition) is 0. The molecule has 4 heteroatoms. The molecule has 1 aromatic rings. The Hall–Kier alpha value is -1.58. The van der Waals surface area contributed by atoms with E-state index in [-0.39, 0.29) is 11.8 Å². The fraction of sp³-hybridized carbons (Fsp3) is 0.364. The van der Waals surface area contributed by atoms with Crippen LogP contribution in [0.5, 0.6) is 5.75 Å². The van der Waals surface area contributed by atoms with Gasteiger partial charge in [-0.1, -0.05) is 0 Å². The molecule has 0 saturated heterocycles. The van der Waals surface area contributed by atoms with Gasteiger partial charge in [0.2, 0.25) is 5.60 Å². The molecule has 0 spiro atoms. The monoisotopic (exact) mass is 210 g/mol. The van der Waals surface area contributed by atoms with Crippen LogP contribution in [0.1, 0.15) is 12.8 Å². The summed E-state index contributed by atoms with van der Waals surface area (Å²) in [7, 11) is 1.33. The van der Waals surface area contributed by atoms with Crippen molar-refractivity contribution in [2.24, 2.45) is 0 Å². The first kappa shape index (κ1) is 9.96. The number of ether oxygens (including phenoxy) is 2. The lowest BCUT2D eigenvalue weighted by molar-refractivity contribution is -0.151. The zero-order valence-corrected chi connectivity index (χ0v) is 8.33. The summed E-state index contributed by atoms with van der Waals surface area (Å²) in [5.41, 5.74) is -0.827. The van der Waals surface area contributed by atoms with Gasteiger partial charge in [0, 0.05) is 12.8 Å². The van der Waals surface area contributed by atoms with E-state index in [9.17, 15) is 9.18 Å². The van der Waals surface area contributed by atoms with Crippen LogP contribution >= 0.6 is 0 Å². The summed E-state index contributed by atoms with van der Waals surface area (Å²) in [4.78, 5) is 11.3. The maximum atomic E-state index is 12.6. The summed E-state index contributed by atoms with van der Waals surface area (Å²) in [6.07, 6.45) is 1.30. The number of esters is 1. The van der Waals surface area contributed by atoms with Gasteiger partial charge >= 0.3 is 5.97 Å². The molecule has 0 aliphatic heterocycles. The fourth-order valence-corrected chi connectivity index (χ4v) is 1.38. The lowest BCUT2D eigenvalue weighted by Crippen LogP contribution is -2.30. The Labute approximate surface area is 86.8 Å². The van der Waals surface area contributed by atoms with Gasteiger partial charge in [0.15, 0.2) is 0 Å². The molecule has 1 saturated carbocycles. The standard InChI is InChI=1S/C11H11FO3/c1-14-10(13)11(6-7-11)15-9-4-2-8(12)3-5-9/h2-5H,6-7H2,1H3. The Kier molecular flexibility index (Phi) is 2.34. The van der Waals surface area contributed by atoms with Gasteiger partial charge in [-0.3, -0.25) is 0 Å². The quantitative estimate of drug-likeness (QED) is 0.715. The number of carbonyl (C=O) groups is 1. The molecular weight excluding hydrogens is 199 g/mol. The van der Waals surface area contributed by atoms with Crippen molar-refractivity contribution in [2.45, 2.75) is 18.4 Å². The van der Waals surface area contributed by atoms with E-state index < -0.39 is 5.60 Å². The lowest BCUT2D eigenvalue weighted by atomic mass is 10.3. The molecule has 0 radical (unpaired) electrons. The first-order valence-corrected chi connectivity index (χ1v) is 4.69. The zero-order valence-electron chi connectivity index (χ0n) is 8.33. The average molecular weight is 210 g/mol. The van der Waals surface area contributed by atoms with Gasteiger partial charge in [0.1, 0.15) is 11.6 Å². The number of halogens is 1. The molecule has 80 valence electrons. The van der Waals surface area contributed by atoms with Gasteiger partial charge in [-0.15, -0.1) is 0 Å². The molecule has 1 fully saturated rings. The summed E-state index contributed by atoms with van der Waals surface area (Å²) in [5.74, 6) is -0.212. The maximum absolute atomic E-state index is 12.6. The van der Waals surface area contributed by atoms with Gasteiger partial charge in [-0.25, -0.2) is 9.18 Å². The second-order valence-corrected chi connectivity index (χ2v) is 3.54. The molecule has 0 atom stereocenters. The summed E-state index contributed by atoms with van der Waals surface area (Å²) >= 11 is 0. The molecule has 0 aromatic heterocycles. The first-order valence-electron chi connectivity index (χ1n) is 4.69. The second kappa shape index (κ2) is 3.53. The molecular formula is C11H11FO3. The van der Waals surface area contributed by atoms with Crippen LogP contribution in [0.3, 0.4) is 0 Å². The van der Waals surface area contributed by atoms with Crippen LogP contribution in [0.15, 0.2) is 24.3 Å². The third-order valence-electron chi connectivity index (χ3n) is 2.39. The van der Waals surface area contributed by atoms with Gasteiger partial charge in [-0.05, 0) is 24.3 Å². The SMILES string of the molecule is COC(=O)C1(Oc2ccc(F)cc2)CC1. The van der Waals surface area contributed by atoms with Crippen LogP contribution in [0, 0.1) is 5.82 Å². The average Bonchev–Trinajstić information content (AvgIpc) is 3.01. The maximum Gasteiger partial charge on any atom is 0.350 e. The topological polar surface area (TPSA) is 35.5 Å². The van der Waals surface area contributed by atoms with E-state index in [1.54, 1.807) is 0 Å². The van der Waals surface area contributed by atoms with E-state index >= 15 is 0 Å². The van der Waals surface area contributed by atoms with Gasteiger partial charge in [0.25, 0.3) is 0 Å². The Morgan fingerprint density at radius 2 is 1.93 bits per heavy atom. The van der Waals surface area contributed by atoms with Crippen LogP contribution in [0.4, 0.5) is 4.39 Å². The van der Waals surface area contributed by atoms with Crippen molar-refractivity contribution in [1.82, 2.24) is 0 Å². The number of methoxy groups -OCH3 is 1. The predicted molar refractivity (Wildman–Crippen MR) is 51.0 cm³/mol. The Morgan fingerprint density at radius 3 is 2.40 bits per heavy atom. The molecule has 2 rings (SSSR count). The van der Waals surface area contributed by atoms with Crippen LogP contribution < -0.4 is 4.74 Å². The number of rotatable bonds is 3. The molecule has 15 heavy (non-hydrogen) atoms. The van der Waals surface area contributed by atoms with Gasteiger partial charge in [-0.2, -0.15) is 0 Å². The third kappa shape index (κ3) is 1.93. The van der Waals surface area contributed by atoms with E-state index in [0.29, 0.717) is 18.6 Å². The van der Waals surface area contributed by atoms with Gasteiger partial charge in [0.05, 0.1) is 7.11 Å². The molecule has 0 unspecified atom stereocenters. The third-order valence-corrected chi connectivity index (χ3v) is 2.39. The van der Waals surface area contributed by atoms with Crippen LogP contribution in [0.2, 0.25) is 0 Å². The van der Waals surface area contributed by atoms with Crippen molar-refractivity contribution < 1.29 is 18.7 Å². The highest BCUT2D eigenvalue weighted by atomic mass is 19.1. The first-order chi connectivity index (χ1) is 7.16. The van der Waals surface area contributed by atoms with E-state index in [1.165, 1.54) is 31.4 Å². The van der Waals surface area contributed by atoms with Crippen molar-refractivity contribution in [2.75, 3.05) is 7.11 Å². The molecule has 0 amide bonds. The highest BCUT2D eigenvalue weighted by Gasteiger charge is 2.54. The lowest BCUT2D eigenvalue weighted by Gasteiger charge is -2.15. The highest BCUT2D eigenvalue weighted by Crippen LogP contribution is 2.41. The Bertz CT molecular complexity index is 368. The van der Waals surface area contributed by atoms with E-state index in [0.717, 1.165) is 0 Å². The smallest absolute Gasteiger partial charge is 0.350 e. The van der Waals surface area contributed by atoms with Gasteiger partial charge < -0.3 is 9.47 Å². The van der Waals surface area contributed by atoms with Crippen molar-refractivity contribution in [3.63, 3.8) is 0 Å². The molecule has 1 aliphatic carbocycles. The minimum atomic E-state index is -0.827. The van der Waals surface area contributed by atoms with E-state index in [4.69, 9.17) is 4.74 Å².